The van der Waals surface area contributed by atoms with Crippen molar-refractivity contribution < 1.29 is 13.9 Å². The van der Waals surface area contributed by atoms with Crippen LogP contribution in [-0.2, 0) is 16.9 Å². The monoisotopic (exact) mass is 479 g/mol. The van der Waals surface area contributed by atoms with Crippen LogP contribution < -0.4 is 15.8 Å². The van der Waals surface area contributed by atoms with E-state index in [0.29, 0.717) is 18.2 Å². The molecule has 34 heavy (non-hydrogen) atoms. The third kappa shape index (κ3) is 4.35. The van der Waals surface area contributed by atoms with Gasteiger partial charge in [-0.05, 0) is 72.3 Å². The van der Waals surface area contributed by atoms with Crippen LogP contribution in [0.2, 0.25) is 0 Å². The Morgan fingerprint density at radius 1 is 1.18 bits per heavy atom. The minimum atomic E-state index is -0.570. The van der Waals surface area contributed by atoms with Gasteiger partial charge in [-0.3, -0.25) is 0 Å². The number of hydrogen-bond acceptors (Lipinski definition) is 7. The first kappa shape index (κ1) is 22.3. The average molecular weight is 480 g/mol. The van der Waals surface area contributed by atoms with E-state index in [2.05, 4.69) is 15.3 Å². The van der Waals surface area contributed by atoms with Crippen LogP contribution in [0.1, 0.15) is 18.1 Å². The van der Waals surface area contributed by atoms with Gasteiger partial charge in [-0.2, -0.15) is 4.42 Å². The van der Waals surface area contributed by atoms with Crippen LogP contribution in [0.25, 0.3) is 10.9 Å². The first-order valence-corrected chi connectivity index (χ1v) is 11.1. The molecule has 174 valence electrons. The molecular weight excluding hydrogens is 457 g/mol. The standard InChI is InChI=1S/C25H23ClFN5O2/c1-25(17-5-8-20(9-6-17)33-13-16-3-2-4-18(27)11-16)14-34-24(32(25)26)31-19-7-10-22-21(12-19)23(28)30-15-29-22/h2-12,15,24,31H,13-14H2,1H3,(H2,28,29,30). The van der Waals surface area contributed by atoms with Gasteiger partial charge in [0.15, 0.2) is 0 Å². The predicted molar refractivity (Wildman–Crippen MR) is 130 cm³/mol. The van der Waals surface area contributed by atoms with Crippen LogP contribution in [0.5, 0.6) is 5.75 Å². The highest BCUT2D eigenvalue weighted by atomic mass is 35.5. The minimum Gasteiger partial charge on any atom is -0.489 e. The van der Waals surface area contributed by atoms with Gasteiger partial charge in [-0.15, -0.1) is 0 Å². The number of rotatable bonds is 6. The van der Waals surface area contributed by atoms with Crippen LogP contribution in [0, 0.1) is 5.82 Å². The molecule has 9 heteroatoms. The Hall–Kier alpha value is -3.46. The summed E-state index contributed by atoms with van der Waals surface area (Å²) in [6.45, 7) is 2.68. The van der Waals surface area contributed by atoms with Gasteiger partial charge in [-0.1, -0.05) is 24.3 Å². The molecule has 0 bridgehead atoms. The number of benzene rings is 3. The summed E-state index contributed by atoms with van der Waals surface area (Å²) in [5.74, 6) is 0.812. The van der Waals surface area contributed by atoms with E-state index < -0.39 is 11.9 Å². The summed E-state index contributed by atoms with van der Waals surface area (Å²) < 4.78 is 26.8. The molecule has 1 saturated heterocycles. The molecule has 0 saturated carbocycles. The molecule has 2 unspecified atom stereocenters. The van der Waals surface area contributed by atoms with Crippen molar-refractivity contribution in [1.29, 1.82) is 0 Å². The van der Waals surface area contributed by atoms with Crippen molar-refractivity contribution in [2.75, 3.05) is 17.7 Å². The lowest BCUT2D eigenvalue weighted by Crippen LogP contribution is -2.40. The normalized spacial score (nSPS) is 20.5. The van der Waals surface area contributed by atoms with Crippen molar-refractivity contribution in [3.05, 3.63) is 90.0 Å². The van der Waals surface area contributed by atoms with E-state index in [4.69, 9.17) is 27.0 Å². The summed E-state index contributed by atoms with van der Waals surface area (Å²) in [5.41, 5.74) is 8.70. The Morgan fingerprint density at radius 3 is 2.79 bits per heavy atom. The molecule has 2 heterocycles. The Kier molecular flexibility index (Phi) is 5.95. The highest BCUT2D eigenvalue weighted by Gasteiger charge is 2.45. The second-order valence-corrected chi connectivity index (χ2v) is 8.69. The molecule has 4 aromatic rings. The zero-order chi connectivity index (χ0) is 23.7. The summed E-state index contributed by atoms with van der Waals surface area (Å²) in [5, 5.41) is 4.05. The van der Waals surface area contributed by atoms with Gasteiger partial charge >= 0.3 is 0 Å². The molecule has 0 radical (unpaired) electrons. The van der Waals surface area contributed by atoms with E-state index in [1.165, 1.54) is 18.5 Å². The number of nitrogens with two attached hydrogens (primary N) is 1. The maximum absolute atomic E-state index is 13.4. The van der Waals surface area contributed by atoms with Crippen LogP contribution in [0.15, 0.2) is 73.1 Å². The van der Waals surface area contributed by atoms with Crippen molar-refractivity contribution in [3.8, 4) is 5.75 Å². The minimum absolute atomic E-state index is 0.281. The number of fused-ring (bicyclic) bond motifs is 1. The van der Waals surface area contributed by atoms with Gasteiger partial charge in [0.1, 0.15) is 30.3 Å². The Bertz CT molecular complexity index is 1320. The fourth-order valence-electron chi connectivity index (χ4n) is 3.94. The lowest BCUT2D eigenvalue weighted by Gasteiger charge is -2.31. The summed E-state index contributed by atoms with van der Waals surface area (Å²) in [4.78, 5) is 8.26. The van der Waals surface area contributed by atoms with E-state index >= 15 is 0 Å². The highest BCUT2D eigenvalue weighted by Crippen LogP contribution is 2.39. The number of nitrogen functional groups attached to an aromatic ring is 1. The van der Waals surface area contributed by atoms with Gasteiger partial charge in [0.05, 0.1) is 17.7 Å². The molecule has 2 atom stereocenters. The van der Waals surface area contributed by atoms with E-state index in [-0.39, 0.29) is 12.4 Å². The number of hydrogen-bond donors (Lipinski definition) is 2. The van der Waals surface area contributed by atoms with Crippen molar-refractivity contribution in [3.63, 3.8) is 0 Å². The summed E-state index contributed by atoms with van der Waals surface area (Å²) in [6.07, 6.45) is 0.882. The molecule has 1 aliphatic heterocycles. The number of ether oxygens (including phenoxy) is 2. The molecule has 3 N–H and O–H groups in total. The summed E-state index contributed by atoms with van der Waals surface area (Å²) in [7, 11) is 0. The first-order valence-electron chi connectivity index (χ1n) is 10.7. The highest BCUT2D eigenvalue weighted by molar-refractivity contribution is 6.14. The van der Waals surface area contributed by atoms with E-state index in [1.54, 1.807) is 10.5 Å². The van der Waals surface area contributed by atoms with Crippen molar-refractivity contribution in [2.24, 2.45) is 0 Å². The second kappa shape index (κ2) is 9.06. The van der Waals surface area contributed by atoms with E-state index in [0.717, 1.165) is 27.7 Å². The fraction of sp³-hybridized carbons (Fsp3) is 0.200. The van der Waals surface area contributed by atoms with Crippen LogP contribution in [-0.4, -0.2) is 27.3 Å². The second-order valence-electron chi connectivity index (χ2n) is 8.33. The molecule has 1 fully saturated rings. The number of halogens is 2. The summed E-state index contributed by atoms with van der Waals surface area (Å²) >= 11 is 6.74. The quantitative estimate of drug-likeness (QED) is 0.375. The van der Waals surface area contributed by atoms with Gasteiger partial charge in [-0.25, -0.2) is 14.4 Å². The number of nitrogens with zero attached hydrogens (tertiary/aromatic N) is 3. The Balaban J connectivity index is 1.27. The molecule has 0 aliphatic carbocycles. The zero-order valence-electron chi connectivity index (χ0n) is 18.4. The maximum atomic E-state index is 13.4. The van der Waals surface area contributed by atoms with Crippen LogP contribution in [0.4, 0.5) is 15.9 Å². The molecule has 1 aromatic heterocycles. The molecule has 5 rings (SSSR count). The third-order valence-electron chi connectivity index (χ3n) is 5.93. The van der Waals surface area contributed by atoms with Crippen LogP contribution in [0.3, 0.4) is 0 Å². The maximum Gasteiger partial charge on any atom is 0.201 e. The van der Waals surface area contributed by atoms with Crippen molar-refractivity contribution in [1.82, 2.24) is 14.4 Å². The first-order chi connectivity index (χ1) is 16.4. The van der Waals surface area contributed by atoms with Crippen LogP contribution >= 0.6 is 11.8 Å². The molecular formula is C25H23ClFN5O2. The molecule has 0 spiro atoms. The summed E-state index contributed by atoms with van der Waals surface area (Å²) in [6, 6.07) is 19.6. The zero-order valence-corrected chi connectivity index (χ0v) is 19.2. The lowest BCUT2D eigenvalue weighted by atomic mass is 9.93. The molecule has 7 nitrogen and oxygen atoms in total. The number of nitrogens with one attached hydrogen (secondary N) is 1. The molecule has 1 aliphatic rings. The largest absolute Gasteiger partial charge is 0.489 e. The third-order valence-corrected chi connectivity index (χ3v) is 6.48. The van der Waals surface area contributed by atoms with Gasteiger partial charge in [0.2, 0.25) is 6.35 Å². The van der Waals surface area contributed by atoms with Gasteiger partial charge < -0.3 is 20.5 Å². The molecule has 0 amide bonds. The number of aromatic nitrogens is 2. The van der Waals surface area contributed by atoms with Crippen molar-refractivity contribution in [2.45, 2.75) is 25.4 Å². The SMILES string of the molecule is CC1(c2ccc(OCc3cccc(F)c3)cc2)COC(Nc2ccc3ncnc(N)c3c2)N1Cl. The van der Waals surface area contributed by atoms with E-state index in [1.807, 2.05) is 55.5 Å². The molecule has 3 aromatic carbocycles. The average Bonchev–Trinajstić information content (AvgIpc) is 3.13. The van der Waals surface area contributed by atoms with Crippen molar-refractivity contribution >= 4 is 34.2 Å². The Morgan fingerprint density at radius 2 is 2.00 bits per heavy atom. The Labute approximate surface area is 201 Å². The lowest BCUT2D eigenvalue weighted by molar-refractivity contribution is 0.0930. The number of anilines is 2. The predicted octanol–water partition coefficient (Wildman–Crippen LogP) is 5.03. The van der Waals surface area contributed by atoms with Gasteiger partial charge in [0, 0.05) is 11.1 Å². The van der Waals surface area contributed by atoms with E-state index in [9.17, 15) is 4.39 Å². The topological polar surface area (TPSA) is 85.5 Å². The smallest absolute Gasteiger partial charge is 0.201 e. The fourth-order valence-corrected chi connectivity index (χ4v) is 4.20. The van der Waals surface area contributed by atoms with Gasteiger partial charge in [0.25, 0.3) is 0 Å².